The Morgan fingerprint density at radius 3 is 1.83 bits per heavy atom. The largest absolute Gasteiger partial charge is 0.467 e. The summed E-state index contributed by atoms with van der Waals surface area (Å²) in [6, 6.07) is 18.3. The Balaban J connectivity index is 2.44. The van der Waals surface area contributed by atoms with Gasteiger partial charge in [0.2, 0.25) is 5.91 Å². The summed E-state index contributed by atoms with van der Waals surface area (Å²) < 4.78 is 9.77. The molecule has 2 aromatic carbocycles. The van der Waals surface area contributed by atoms with Crippen LogP contribution in [0.2, 0.25) is 0 Å². The topological polar surface area (TPSA) is 64.6 Å². The highest BCUT2D eigenvalue weighted by Crippen LogP contribution is 2.28. The third-order valence-corrected chi connectivity index (χ3v) is 3.70. The summed E-state index contributed by atoms with van der Waals surface area (Å²) in [5.74, 6) is -1.23. The number of nitrogens with one attached hydrogen (secondary N) is 1. The summed E-state index contributed by atoms with van der Waals surface area (Å²) in [6.45, 7) is -0.121. The number of hydrogen-bond acceptors (Lipinski definition) is 4. The fraction of sp³-hybridized carbons (Fsp3) is 0.263. The second-order valence-corrected chi connectivity index (χ2v) is 5.30. The predicted octanol–water partition coefficient (Wildman–Crippen LogP) is 2.12. The number of carbonyl (C=O) groups excluding carboxylic acids is 2. The molecule has 5 nitrogen and oxygen atoms in total. The lowest BCUT2D eigenvalue weighted by atomic mass is 9.85. The SMILES string of the molecule is COCC(=O)N[C@H](C(=O)OC)C(c1ccccc1)c1ccccc1. The van der Waals surface area contributed by atoms with E-state index in [-0.39, 0.29) is 18.4 Å². The third-order valence-electron chi connectivity index (χ3n) is 3.70. The van der Waals surface area contributed by atoms with Gasteiger partial charge in [0, 0.05) is 13.0 Å². The maximum Gasteiger partial charge on any atom is 0.329 e. The molecule has 5 heteroatoms. The van der Waals surface area contributed by atoms with Gasteiger partial charge in [-0.1, -0.05) is 60.7 Å². The Hall–Kier alpha value is -2.66. The van der Waals surface area contributed by atoms with Crippen LogP contribution in [0, 0.1) is 0 Å². The molecule has 0 aliphatic rings. The number of hydrogen-bond donors (Lipinski definition) is 1. The fourth-order valence-corrected chi connectivity index (χ4v) is 2.65. The molecule has 0 heterocycles. The van der Waals surface area contributed by atoms with Crippen LogP contribution in [0.25, 0.3) is 0 Å². The van der Waals surface area contributed by atoms with Gasteiger partial charge in [-0.3, -0.25) is 4.79 Å². The lowest BCUT2D eigenvalue weighted by Crippen LogP contribution is -2.47. The Kier molecular flexibility index (Phi) is 6.51. The Bertz CT molecular complexity index is 618. The molecule has 0 aliphatic heterocycles. The van der Waals surface area contributed by atoms with Crippen molar-refractivity contribution in [3.63, 3.8) is 0 Å². The molecular formula is C19H21NO4. The van der Waals surface area contributed by atoms with E-state index in [0.29, 0.717) is 0 Å². The number of methoxy groups -OCH3 is 2. The van der Waals surface area contributed by atoms with Crippen molar-refractivity contribution in [3.05, 3.63) is 71.8 Å². The van der Waals surface area contributed by atoms with Crippen molar-refractivity contribution in [1.82, 2.24) is 5.32 Å². The predicted molar refractivity (Wildman–Crippen MR) is 90.5 cm³/mol. The summed E-state index contributed by atoms with van der Waals surface area (Å²) in [4.78, 5) is 24.4. The van der Waals surface area contributed by atoms with Gasteiger partial charge in [-0.2, -0.15) is 0 Å². The Morgan fingerprint density at radius 1 is 0.917 bits per heavy atom. The highest BCUT2D eigenvalue weighted by molar-refractivity contribution is 5.86. The lowest BCUT2D eigenvalue weighted by molar-refractivity contribution is -0.146. The highest BCUT2D eigenvalue weighted by Gasteiger charge is 2.33. The van der Waals surface area contributed by atoms with Gasteiger partial charge in [0.05, 0.1) is 7.11 Å². The minimum absolute atomic E-state index is 0.121. The van der Waals surface area contributed by atoms with Crippen molar-refractivity contribution in [3.8, 4) is 0 Å². The standard InChI is InChI=1S/C19H21NO4/c1-23-13-16(21)20-18(19(22)24-2)17(14-9-5-3-6-10-14)15-11-7-4-8-12-15/h3-12,17-18H,13H2,1-2H3,(H,20,21)/t18-/m0/s1. The van der Waals surface area contributed by atoms with Gasteiger partial charge in [-0.25, -0.2) is 4.79 Å². The molecular weight excluding hydrogens is 306 g/mol. The maximum atomic E-state index is 12.4. The molecule has 0 saturated carbocycles. The first-order valence-corrected chi connectivity index (χ1v) is 7.63. The third kappa shape index (κ3) is 4.43. The number of benzene rings is 2. The summed E-state index contributed by atoms with van der Waals surface area (Å²) in [5, 5.41) is 2.73. The van der Waals surface area contributed by atoms with Crippen LogP contribution in [-0.4, -0.2) is 38.7 Å². The quantitative estimate of drug-likeness (QED) is 0.791. The van der Waals surface area contributed by atoms with Gasteiger partial charge in [0.25, 0.3) is 0 Å². The van der Waals surface area contributed by atoms with E-state index in [9.17, 15) is 9.59 Å². The van der Waals surface area contributed by atoms with Crippen LogP contribution in [0.3, 0.4) is 0 Å². The number of ether oxygens (including phenoxy) is 2. The van der Waals surface area contributed by atoms with Gasteiger partial charge in [0.1, 0.15) is 12.6 Å². The van der Waals surface area contributed by atoms with Crippen molar-refractivity contribution in [2.24, 2.45) is 0 Å². The highest BCUT2D eigenvalue weighted by atomic mass is 16.5. The molecule has 0 radical (unpaired) electrons. The van der Waals surface area contributed by atoms with Gasteiger partial charge in [-0.15, -0.1) is 0 Å². The van der Waals surface area contributed by atoms with Crippen LogP contribution in [0.4, 0.5) is 0 Å². The normalized spacial score (nSPS) is 11.8. The van der Waals surface area contributed by atoms with Crippen molar-refractivity contribution in [2.45, 2.75) is 12.0 Å². The van der Waals surface area contributed by atoms with E-state index in [1.807, 2.05) is 60.7 Å². The molecule has 0 spiro atoms. The molecule has 0 unspecified atom stereocenters. The van der Waals surface area contributed by atoms with Crippen LogP contribution < -0.4 is 5.32 Å². The molecule has 0 saturated heterocycles. The second-order valence-electron chi connectivity index (χ2n) is 5.30. The van der Waals surface area contributed by atoms with E-state index in [1.165, 1.54) is 14.2 Å². The van der Waals surface area contributed by atoms with Gasteiger partial charge < -0.3 is 14.8 Å². The van der Waals surface area contributed by atoms with E-state index < -0.39 is 12.0 Å². The molecule has 0 aliphatic carbocycles. The first-order chi connectivity index (χ1) is 11.7. The summed E-state index contributed by atoms with van der Waals surface area (Å²) in [7, 11) is 2.74. The van der Waals surface area contributed by atoms with E-state index in [1.54, 1.807) is 0 Å². The average Bonchev–Trinajstić information content (AvgIpc) is 2.62. The first-order valence-electron chi connectivity index (χ1n) is 7.63. The zero-order valence-corrected chi connectivity index (χ0v) is 13.8. The summed E-state index contributed by atoms with van der Waals surface area (Å²) >= 11 is 0. The van der Waals surface area contributed by atoms with Crippen molar-refractivity contribution >= 4 is 11.9 Å². The van der Waals surface area contributed by atoms with Crippen LogP contribution in [0.1, 0.15) is 17.0 Å². The van der Waals surface area contributed by atoms with Crippen LogP contribution >= 0.6 is 0 Å². The second kappa shape index (κ2) is 8.84. The van der Waals surface area contributed by atoms with E-state index >= 15 is 0 Å². The van der Waals surface area contributed by atoms with Crippen molar-refractivity contribution in [2.75, 3.05) is 20.8 Å². The van der Waals surface area contributed by atoms with Crippen molar-refractivity contribution < 1.29 is 19.1 Å². The lowest BCUT2D eigenvalue weighted by Gasteiger charge is -2.27. The number of rotatable bonds is 7. The molecule has 2 rings (SSSR count). The van der Waals surface area contributed by atoms with Gasteiger partial charge in [-0.05, 0) is 11.1 Å². The monoisotopic (exact) mass is 327 g/mol. The summed E-state index contributed by atoms with van der Waals surface area (Å²) in [6.07, 6.45) is 0. The van der Waals surface area contributed by atoms with E-state index in [0.717, 1.165) is 11.1 Å². The molecule has 24 heavy (non-hydrogen) atoms. The number of amides is 1. The molecule has 1 N–H and O–H groups in total. The zero-order valence-electron chi connectivity index (χ0n) is 13.8. The van der Waals surface area contributed by atoms with Crippen LogP contribution in [-0.2, 0) is 19.1 Å². The van der Waals surface area contributed by atoms with E-state index in [2.05, 4.69) is 5.32 Å². The first kappa shape index (κ1) is 17.7. The van der Waals surface area contributed by atoms with Crippen LogP contribution in [0.15, 0.2) is 60.7 Å². The molecule has 1 atom stereocenters. The smallest absolute Gasteiger partial charge is 0.329 e. The van der Waals surface area contributed by atoms with Gasteiger partial charge in [0.15, 0.2) is 0 Å². The van der Waals surface area contributed by atoms with Gasteiger partial charge >= 0.3 is 5.97 Å². The molecule has 0 fully saturated rings. The fourth-order valence-electron chi connectivity index (χ4n) is 2.65. The Morgan fingerprint density at radius 2 is 1.42 bits per heavy atom. The minimum Gasteiger partial charge on any atom is -0.467 e. The Labute approximate surface area is 141 Å². The molecule has 0 aromatic heterocycles. The molecule has 126 valence electrons. The number of esters is 1. The molecule has 2 aromatic rings. The average molecular weight is 327 g/mol. The van der Waals surface area contributed by atoms with E-state index in [4.69, 9.17) is 9.47 Å². The number of carbonyl (C=O) groups is 2. The minimum atomic E-state index is -0.845. The van der Waals surface area contributed by atoms with Crippen molar-refractivity contribution in [1.29, 1.82) is 0 Å². The maximum absolute atomic E-state index is 12.4. The summed E-state index contributed by atoms with van der Waals surface area (Å²) in [5.41, 5.74) is 1.83. The van der Waals surface area contributed by atoms with Crippen LogP contribution in [0.5, 0.6) is 0 Å². The molecule has 1 amide bonds. The molecule has 0 bridgehead atoms. The zero-order chi connectivity index (χ0) is 17.4.